The first-order valence-electron chi connectivity index (χ1n) is 6.90. The van der Waals surface area contributed by atoms with Gasteiger partial charge in [0.15, 0.2) is 5.82 Å². The summed E-state index contributed by atoms with van der Waals surface area (Å²) in [4.78, 5) is 4.45. The fraction of sp³-hybridized carbons (Fsp3) is 0.125. The van der Waals surface area contributed by atoms with Crippen LogP contribution in [0.2, 0.25) is 10.0 Å². The maximum absolute atomic E-state index is 5.88. The van der Waals surface area contributed by atoms with Crippen molar-refractivity contribution in [1.29, 1.82) is 0 Å². The number of ether oxygens (including phenoxy) is 1. The van der Waals surface area contributed by atoms with E-state index >= 15 is 0 Å². The van der Waals surface area contributed by atoms with Crippen molar-refractivity contribution in [2.75, 3.05) is 12.4 Å². The van der Waals surface area contributed by atoms with Crippen LogP contribution in [0.4, 0.5) is 0 Å². The van der Waals surface area contributed by atoms with Crippen molar-refractivity contribution in [3.05, 3.63) is 58.6 Å². The third-order valence-electron chi connectivity index (χ3n) is 2.98. The van der Waals surface area contributed by atoms with Crippen molar-refractivity contribution in [3.8, 4) is 17.1 Å². The Balaban J connectivity index is 1.49. The summed E-state index contributed by atoms with van der Waals surface area (Å²) in [6.07, 6.45) is 0. The normalized spacial score (nSPS) is 10.7. The van der Waals surface area contributed by atoms with E-state index in [-0.39, 0.29) is 0 Å². The van der Waals surface area contributed by atoms with Gasteiger partial charge in [-0.1, -0.05) is 35.0 Å². The molecule has 2 aromatic carbocycles. The molecule has 0 aliphatic carbocycles. The van der Waals surface area contributed by atoms with Crippen LogP contribution in [0.1, 0.15) is 0 Å². The van der Waals surface area contributed by atoms with E-state index in [4.69, 9.17) is 27.9 Å². The van der Waals surface area contributed by atoms with E-state index in [1.807, 2.05) is 36.4 Å². The van der Waals surface area contributed by atoms with Crippen LogP contribution in [0.3, 0.4) is 0 Å². The van der Waals surface area contributed by atoms with Crippen LogP contribution < -0.4 is 4.74 Å². The van der Waals surface area contributed by atoms with Gasteiger partial charge in [0.2, 0.25) is 5.16 Å². The van der Waals surface area contributed by atoms with Gasteiger partial charge in [0.1, 0.15) is 5.75 Å². The Kier molecular flexibility index (Phi) is 5.43. The van der Waals surface area contributed by atoms with Gasteiger partial charge in [-0.05, 0) is 48.5 Å². The number of nitrogens with zero attached hydrogens (tertiary/aromatic N) is 2. The quantitative estimate of drug-likeness (QED) is 0.495. The third-order valence-corrected chi connectivity index (χ3v) is 4.29. The van der Waals surface area contributed by atoms with E-state index in [1.54, 1.807) is 12.1 Å². The van der Waals surface area contributed by atoms with Gasteiger partial charge < -0.3 is 4.74 Å². The van der Waals surface area contributed by atoms with Crippen LogP contribution in [0.15, 0.2) is 53.7 Å². The Hall–Kier alpha value is -1.69. The van der Waals surface area contributed by atoms with Gasteiger partial charge in [-0.2, -0.15) is 0 Å². The summed E-state index contributed by atoms with van der Waals surface area (Å²) < 4.78 is 5.63. The second-order valence-corrected chi connectivity index (χ2v) is 6.56. The van der Waals surface area contributed by atoms with Crippen LogP contribution in [-0.4, -0.2) is 27.5 Å². The molecule has 23 heavy (non-hydrogen) atoms. The van der Waals surface area contributed by atoms with Crippen LogP contribution in [0, 0.1) is 0 Å². The predicted octanol–water partition coefficient (Wildman–Crippen LogP) is 4.95. The molecule has 0 saturated heterocycles. The van der Waals surface area contributed by atoms with Gasteiger partial charge in [0.05, 0.1) is 6.61 Å². The molecule has 0 unspecified atom stereocenters. The number of halogens is 2. The van der Waals surface area contributed by atoms with E-state index in [1.165, 1.54) is 11.8 Å². The molecule has 0 aliphatic heterocycles. The molecule has 7 heteroatoms. The van der Waals surface area contributed by atoms with Crippen molar-refractivity contribution in [2.24, 2.45) is 0 Å². The lowest BCUT2D eigenvalue weighted by Gasteiger charge is -2.04. The molecule has 0 atom stereocenters. The highest BCUT2D eigenvalue weighted by Crippen LogP contribution is 2.21. The minimum Gasteiger partial charge on any atom is -0.493 e. The summed E-state index contributed by atoms with van der Waals surface area (Å²) in [5.74, 6) is 2.27. The Morgan fingerprint density at radius 2 is 1.61 bits per heavy atom. The van der Waals surface area contributed by atoms with Gasteiger partial charge in [0.25, 0.3) is 0 Å². The number of aromatic nitrogens is 3. The zero-order chi connectivity index (χ0) is 16.1. The number of rotatable bonds is 6. The van der Waals surface area contributed by atoms with Crippen LogP contribution in [-0.2, 0) is 0 Å². The third kappa shape index (κ3) is 4.64. The predicted molar refractivity (Wildman–Crippen MR) is 94.5 cm³/mol. The Labute approximate surface area is 148 Å². The topological polar surface area (TPSA) is 50.8 Å². The molecule has 0 amide bonds. The molecule has 0 bridgehead atoms. The minimum atomic E-state index is 0.567. The highest BCUT2D eigenvalue weighted by Gasteiger charge is 2.06. The molecule has 1 aromatic heterocycles. The zero-order valence-electron chi connectivity index (χ0n) is 12.0. The molecule has 0 radical (unpaired) electrons. The van der Waals surface area contributed by atoms with Crippen LogP contribution in [0.5, 0.6) is 5.75 Å². The molecule has 1 heterocycles. The number of hydrogen-bond donors (Lipinski definition) is 1. The average molecular weight is 366 g/mol. The second kappa shape index (κ2) is 7.73. The van der Waals surface area contributed by atoms with Gasteiger partial charge in [-0.25, -0.2) is 4.98 Å². The molecule has 0 aliphatic rings. The van der Waals surface area contributed by atoms with E-state index in [0.717, 1.165) is 22.9 Å². The zero-order valence-corrected chi connectivity index (χ0v) is 14.3. The van der Waals surface area contributed by atoms with E-state index in [2.05, 4.69) is 15.2 Å². The summed E-state index contributed by atoms with van der Waals surface area (Å²) in [6, 6.07) is 14.8. The summed E-state index contributed by atoms with van der Waals surface area (Å²) in [5, 5.41) is 9.20. The summed E-state index contributed by atoms with van der Waals surface area (Å²) in [6.45, 7) is 0.567. The van der Waals surface area contributed by atoms with E-state index < -0.39 is 0 Å². The molecule has 0 saturated carbocycles. The number of H-pyrrole nitrogens is 1. The van der Waals surface area contributed by atoms with Crippen LogP contribution >= 0.6 is 35.0 Å². The number of hydrogen-bond acceptors (Lipinski definition) is 4. The molecule has 118 valence electrons. The standard InChI is InChI=1S/C16H13Cl2N3OS/c17-12-3-1-11(2-4-12)15-19-16(21-20-15)23-10-9-22-14-7-5-13(18)6-8-14/h1-8H,9-10H2,(H,19,20,21). The van der Waals surface area contributed by atoms with Gasteiger partial charge in [0, 0.05) is 21.4 Å². The molecular weight excluding hydrogens is 353 g/mol. The SMILES string of the molecule is Clc1ccc(OCCSc2n[nH]c(-c3ccc(Cl)cc3)n2)cc1. The average Bonchev–Trinajstić information content (AvgIpc) is 3.03. The number of nitrogens with one attached hydrogen (secondary N) is 1. The lowest BCUT2D eigenvalue weighted by molar-refractivity contribution is 0.344. The lowest BCUT2D eigenvalue weighted by Crippen LogP contribution is -2.00. The number of thioether (sulfide) groups is 1. The fourth-order valence-electron chi connectivity index (χ4n) is 1.87. The maximum atomic E-state index is 5.88. The van der Waals surface area contributed by atoms with Crippen molar-refractivity contribution < 1.29 is 4.74 Å². The highest BCUT2D eigenvalue weighted by atomic mass is 35.5. The van der Waals surface area contributed by atoms with E-state index in [9.17, 15) is 0 Å². The summed E-state index contributed by atoms with van der Waals surface area (Å²) in [7, 11) is 0. The first-order chi connectivity index (χ1) is 11.2. The molecule has 0 fully saturated rings. The van der Waals surface area contributed by atoms with Crippen molar-refractivity contribution in [2.45, 2.75) is 5.16 Å². The molecule has 4 nitrogen and oxygen atoms in total. The highest BCUT2D eigenvalue weighted by molar-refractivity contribution is 7.99. The van der Waals surface area contributed by atoms with Crippen molar-refractivity contribution in [3.63, 3.8) is 0 Å². The molecule has 0 spiro atoms. The molecule has 3 aromatic rings. The van der Waals surface area contributed by atoms with Crippen molar-refractivity contribution >= 4 is 35.0 Å². The minimum absolute atomic E-state index is 0.567. The van der Waals surface area contributed by atoms with E-state index in [0.29, 0.717) is 21.8 Å². The van der Waals surface area contributed by atoms with Gasteiger partial charge in [-0.3, -0.25) is 5.10 Å². The van der Waals surface area contributed by atoms with Gasteiger partial charge in [-0.15, -0.1) is 5.10 Å². The van der Waals surface area contributed by atoms with Crippen molar-refractivity contribution in [1.82, 2.24) is 15.2 Å². The number of benzene rings is 2. The molecule has 1 N–H and O–H groups in total. The summed E-state index contributed by atoms with van der Waals surface area (Å²) >= 11 is 13.2. The Bertz CT molecular complexity index is 760. The largest absolute Gasteiger partial charge is 0.493 e. The second-order valence-electron chi connectivity index (χ2n) is 4.62. The maximum Gasteiger partial charge on any atom is 0.208 e. The smallest absolute Gasteiger partial charge is 0.208 e. The van der Waals surface area contributed by atoms with Crippen LogP contribution in [0.25, 0.3) is 11.4 Å². The first-order valence-corrected chi connectivity index (χ1v) is 8.64. The Morgan fingerprint density at radius 3 is 2.30 bits per heavy atom. The summed E-state index contributed by atoms with van der Waals surface area (Å²) in [5.41, 5.74) is 0.950. The Morgan fingerprint density at radius 1 is 0.957 bits per heavy atom. The molecule has 3 rings (SSSR count). The first kappa shape index (κ1) is 16.2. The monoisotopic (exact) mass is 365 g/mol. The number of aromatic amines is 1. The fourth-order valence-corrected chi connectivity index (χ4v) is 2.74. The lowest BCUT2D eigenvalue weighted by atomic mass is 10.2. The molecular formula is C16H13Cl2N3OS. The van der Waals surface area contributed by atoms with Gasteiger partial charge >= 0.3 is 0 Å².